The van der Waals surface area contributed by atoms with Crippen LogP contribution in [0, 0.1) is 0 Å². The van der Waals surface area contributed by atoms with Gasteiger partial charge >= 0.3 is 0 Å². The molecule has 1 N–H and O–H groups in total. The summed E-state index contributed by atoms with van der Waals surface area (Å²) in [6.45, 7) is 17.4. The fourth-order valence-electron chi connectivity index (χ4n) is 5.96. The predicted octanol–water partition coefficient (Wildman–Crippen LogP) is 6.67. The predicted molar refractivity (Wildman–Crippen MR) is 170 cm³/mol. The molecule has 0 unspecified atom stereocenters. The number of carbonyl (C=O) groups is 2. The van der Waals surface area contributed by atoms with Crippen LogP contribution in [0.5, 0.6) is 17.2 Å². The average molecular weight is 608 g/mol. The van der Waals surface area contributed by atoms with Gasteiger partial charge in [-0.2, -0.15) is 5.10 Å². The smallest absolute Gasteiger partial charge is 0.257 e. The van der Waals surface area contributed by atoms with Gasteiger partial charge in [0.1, 0.15) is 23.4 Å². The Hall–Kier alpha value is -3.70. The molecule has 4 rings (SSSR count). The minimum absolute atomic E-state index is 0.0747. The maximum Gasteiger partial charge on any atom is 0.257 e. The summed E-state index contributed by atoms with van der Waals surface area (Å²) in [6.07, 6.45) is 5.56. The Bertz CT molecular complexity index is 1400. The first kappa shape index (κ1) is 32.2. The van der Waals surface area contributed by atoms with E-state index in [1.807, 2.05) is 6.92 Å². The molecule has 1 aliphatic rings. The van der Waals surface area contributed by atoms with Crippen LogP contribution in [0.1, 0.15) is 75.6 Å². The summed E-state index contributed by atoms with van der Waals surface area (Å²) < 4.78 is 20.8. The van der Waals surface area contributed by atoms with Crippen LogP contribution in [0.4, 0.5) is 5.82 Å². The van der Waals surface area contributed by atoms with Gasteiger partial charge in [-0.05, 0) is 48.2 Å². The molecule has 3 aromatic rings. The number of nitrogens with one attached hydrogen (secondary N) is 1. The summed E-state index contributed by atoms with van der Waals surface area (Å²) in [6, 6.07) is 8.43. The molecule has 11 heteroatoms. The van der Waals surface area contributed by atoms with Crippen LogP contribution in [0.3, 0.4) is 0 Å². The van der Waals surface area contributed by atoms with Gasteiger partial charge in [0.05, 0.1) is 18.4 Å². The van der Waals surface area contributed by atoms with Crippen molar-refractivity contribution in [1.29, 1.82) is 0 Å². The maximum absolute atomic E-state index is 13.3. The molecule has 1 atom stereocenters. The summed E-state index contributed by atoms with van der Waals surface area (Å²) in [5.74, 6) is 1.23. The van der Waals surface area contributed by atoms with Gasteiger partial charge in [0.25, 0.3) is 11.8 Å². The Kier molecular flexibility index (Phi) is 10.3. The quantitative estimate of drug-likeness (QED) is 0.216. The number of carbonyl (C=O) groups excluding carboxylic acids is 2. The van der Waals surface area contributed by atoms with Crippen LogP contribution in [0.15, 0.2) is 48.9 Å². The summed E-state index contributed by atoms with van der Waals surface area (Å²) in [5.41, 5.74) is 2.15. The van der Waals surface area contributed by atoms with Crippen LogP contribution >= 0.6 is 0 Å². The van der Waals surface area contributed by atoms with Crippen molar-refractivity contribution in [3.63, 3.8) is 0 Å². The van der Waals surface area contributed by atoms with E-state index < -0.39 is 8.32 Å². The minimum Gasteiger partial charge on any atom is -0.488 e. The molecule has 10 nitrogen and oxygen atoms in total. The Balaban J connectivity index is 1.57. The monoisotopic (exact) mass is 607 g/mol. The highest BCUT2D eigenvalue weighted by Crippen LogP contribution is 2.42. The Morgan fingerprint density at radius 2 is 1.56 bits per heavy atom. The van der Waals surface area contributed by atoms with Crippen LogP contribution in [0.2, 0.25) is 16.6 Å². The van der Waals surface area contributed by atoms with Crippen molar-refractivity contribution in [3.05, 3.63) is 60.0 Å². The van der Waals surface area contributed by atoms with Crippen molar-refractivity contribution in [2.24, 2.45) is 7.05 Å². The van der Waals surface area contributed by atoms with Gasteiger partial charge in [-0.15, -0.1) is 0 Å². The van der Waals surface area contributed by atoms with Gasteiger partial charge in [-0.25, -0.2) is 0 Å². The Labute approximate surface area is 255 Å². The number of hydrogen-bond donors (Lipinski definition) is 1. The maximum atomic E-state index is 13.3. The highest BCUT2D eigenvalue weighted by Gasteiger charge is 2.45. The highest BCUT2D eigenvalue weighted by atomic mass is 28.4. The molecule has 2 aromatic heterocycles. The van der Waals surface area contributed by atoms with Gasteiger partial charge in [0, 0.05) is 50.2 Å². The molecule has 43 heavy (non-hydrogen) atoms. The number of hydrogen-bond acceptors (Lipinski definition) is 7. The van der Waals surface area contributed by atoms with Crippen molar-refractivity contribution < 1.29 is 23.5 Å². The number of rotatable bonds is 13. The average Bonchev–Trinajstić information content (AvgIpc) is 3.31. The molecule has 1 saturated heterocycles. The summed E-state index contributed by atoms with van der Waals surface area (Å²) >= 11 is 0. The van der Waals surface area contributed by atoms with E-state index in [-0.39, 0.29) is 17.9 Å². The van der Waals surface area contributed by atoms with E-state index in [1.54, 1.807) is 59.4 Å². The first-order valence-corrected chi connectivity index (χ1v) is 17.2. The zero-order valence-electron chi connectivity index (χ0n) is 26.6. The number of pyridine rings is 1. The molecule has 0 bridgehead atoms. The van der Waals surface area contributed by atoms with Crippen molar-refractivity contribution in [2.45, 2.75) is 77.6 Å². The topological polar surface area (TPSA) is 108 Å². The number of aryl methyl sites for hydroxylation is 1. The van der Waals surface area contributed by atoms with Gasteiger partial charge in [0.15, 0.2) is 5.82 Å². The third kappa shape index (κ3) is 7.63. The fourth-order valence-corrected chi connectivity index (χ4v) is 11.5. The van der Waals surface area contributed by atoms with Crippen molar-refractivity contribution in [1.82, 2.24) is 19.7 Å². The van der Waals surface area contributed by atoms with Crippen LogP contribution in [-0.2, 0) is 11.5 Å². The minimum atomic E-state index is -2.08. The third-order valence-electron chi connectivity index (χ3n) is 8.05. The van der Waals surface area contributed by atoms with E-state index in [0.29, 0.717) is 57.4 Å². The van der Waals surface area contributed by atoms with Crippen LogP contribution in [-0.4, -0.2) is 65.6 Å². The molecular formula is C32H45N5O5Si. The lowest BCUT2D eigenvalue weighted by Crippen LogP contribution is -2.49. The standard InChI is InChI=1S/C32H45N5O5Si/c1-21(2)43(22(3)4,23(5)6)40-20-24(7)41-27-14-25(31(38)34-30-10-13-36(8)35-30)15-28(17-27)42-29-16-26(18-33-19-29)32(39)37-11-9-12-37/h10,13-19,21-24H,9,11-12,20H2,1-8H3,(H,34,35,38)/t24-/m0/s1. The van der Waals surface area contributed by atoms with Crippen LogP contribution in [0.25, 0.3) is 0 Å². The number of ether oxygens (including phenoxy) is 2. The molecule has 232 valence electrons. The Morgan fingerprint density at radius 3 is 2.14 bits per heavy atom. The number of likely N-dealkylation sites (tertiary alicyclic amines) is 1. The van der Waals surface area contributed by atoms with E-state index in [9.17, 15) is 9.59 Å². The van der Waals surface area contributed by atoms with Crippen LogP contribution < -0.4 is 14.8 Å². The lowest BCUT2D eigenvalue weighted by molar-refractivity contribution is 0.0651. The molecule has 2 amide bonds. The highest BCUT2D eigenvalue weighted by molar-refractivity contribution is 6.77. The lowest BCUT2D eigenvalue weighted by atomic mass is 10.1. The number of benzene rings is 1. The molecule has 0 spiro atoms. The van der Waals surface area contributed by atoms with Gasteiger partial charge in [0.2, 0.25) is 8.32 Å². The summed E-state index contributed by atoms with van der Waals surface area (Å²) in [5, 5.41) is 7.06. The summed E-state index contributed by atoms with van der Waals surface area (Å²) in [7, 11) is -0.295. The zero-order chi connectivity index (χ0) is 31.3. The number of nitrogens with zero attached hydrogens (tertiary/aromatic N) is 4. The summed E-state index contributed by atoms with van der Waals surface area (Å²) in [4.78, 5) is 32.0. The first-order valence-electron chi connectivity index (χ1n) is 15.1. The number of amides is 2. The molecule has 3 heterocycles. The van der Waals surface area contributed by atoms with Gasteiger partial charge < -0.3 is 24.1 Å². The molecule has 1 fully saturated rings. The molecular weight excluding hydrogens is 562 g/mol. The normalized spacial score (nSPS) is 14.2. The van der Waals surface area contributed by atoms with Gasteiger partial charge in [-0.3, -0.25) is 19.3 Å². The lowest BCUT2D eigenvalue weighted by Gasteiger charge is -2.42. The second-order valence-corrected chi connectivity index (χ2v) is 17.7. The molecule has 1 aromatic carbocycles. The second kappa shape index (κ2) is 13.7. The van der Waals surface area contributed by atoms with Crippen molar-refractivity contribution >= 4 is 25.9 Å². The largest absolute Gasteiger partial charge is 0.488 e. The van der Waals surface area contributed by atoms with Crippen molar-refractivity contribution in [2.75, 3.05) is 25.0 Å². The van der Waals surface area contributed by atoms with Gasteiger partial charge in [-0.1, -0.05) is 41.5 Å². The number of anilines is 1. The van der Waals surface area contributed by atoms with E-state index in [4.69, 9.17) is 13.9 Å². The fraction of sp³-hybridized carbons (Fsp3) is 0.500. The SMILES string of the molecule is CC(C)[Si](OC[C@H](C)Oc1cc(Oc2cncc(C(=O)N3CCC3)c2)cc(C(=O)Nc2ccn(C)n2)c1)(C(C)C)C(C)C. The molecule has 0 aliphatic carbocycles. The molecule has 0 saturated carbocycles. The van der Waals surface area contributed by atoms with E-state index in [0.717, 1.165) is 19.5 Å². The molecule has 0 radical (unpaired) electrons. The zero-order valence-corrected chi connectivity index (χ0v) is 27.6. The molecule has 1 aliphatic heterocycles. The Morgan fingerprint density at radius 1 is 0.907 bits per heavy atom. The van der Waals surface area contributed by atoms with E-state index in [1.165, 1.54) is 6.20 Å². The second-order valence-electron chi connectivity index (χ2n) is 12.2. The first-order chi connectivity index (χ1) is 20.4. The van der Waals surface area contributed by atoms with Crippen molar-refractivity contribution in [3.8, 4) is 17.2 Å². The third-order valence-corrected chi connectivity index (χ3v) is 14.1. The van der Waals surface area contributed by atoms with E-state index in [2.05, 4.69) is 56.9 Å². The van der Waals surface area contributed by atoms with E-state index >= 15 is 0 Å². The number of aromatic nitrogens is 3.